The second kappa shape index (κ2) is 6.17. The third-order valence-corrected chi connectivity index (χ3v) is 1.40. The minimum absolute atomic E-state index is 0.0995. The predicted molar refractivity (Wildman–Crippen MR) is 53.7 cm³/mol. The minimum Gasteiger partial charge on any atom is -0.355 e. The van der Waals surface area contributed by atoms with Crippen molar-refractivity contribution in [2.45, 2.75) is 20.8 Å². The van der Waals surface area contributed by atoms with Crippen LogP contribution in [0.5, 0.6) is 0 Å². The van der Waals surface area contributed by atoms with Gasteiger partial charge in [0, 0.05) is 18.9 Å². The van der Waals surface area contributed by atoms with Gasteiger partial charge in [-0.1, -0.05) is 13.8 Å². The fourth-order valence-corrected chi connectivity index (χ4v) is 0.746. The molecule has 0 saturated carbocycles. The summed E-state index contributed by atoms with van der Waals surface area (Å²) in [4.78, 5) is 15.0. The molecule has 1 heterocycles. The van der Waals surface area contributed by atoms with Crippen molar-refractivity contribution in [1.29, 1.82) is 0 Å². The van der Waals surface area contributed by atoms with Crippen molar-refractivity contribution < 1.29 is 4.79 Å². The molecular weight excluding hydrogens is 164 g/mol. The number of pyridine rings is 1. The van der Waals surface area contributed by atoms with E-state index in [0.29, 0.717) is 5.56 Å². The zero-order chi connectivity index (χ0) is 10.3. The number of amides is 1. The second-order valence-electron chi connectivity index (χ2n) is 2.27. The molecule has 1 amide bonds. The fourth-order valence-electron chi connectivity index (χ4n) is 0.746. The van der Waals surface area contributed by atoms with Crippen LogP contribution in [0.2, 0.25) is 0 Å². The molecule has 0 aliphatic heterocycles. The summed E-state index contributed by atoms with van der Waals surface area (Å²) >= 11 is 0. The van der Waals surface area contributed by atoms with E-state index >= 15 is 0 Å². The van der Waals surface area contributed by atoms with Gasteiger partial charge >= 0.3 is 0 Å². The number of hydrogen-bond donors (Lipinski definition) is 1. The smallest absolute Gasteiger partial charge is 0.252 e. The van der Waals surface area contributed by atoms with Crippen LogP contribution in [0.3, 0.4) is 0 Å². The van der Waals surface area contributed by atoms with Gasteiger partial charge in [-0.25, -0.2) is 0 Å². The molecular formula is C10H16N2O. The Kier molecular flexibility index (Phi) is 5.52. The molecule has 13 heavy (non-hydrogen) atoms. The zero-order valence-corrected chi connectivity index (χ0v) is 8.59. The largest absolute Gasteiger partial charge is 0.355 e. The topological polar surface area (TPSA) is 42.0 Å². The molecule has 0 bridgehead atoms. The molecule has 0 aliphatic rings. The van der Waals surface area contributed by atoms with Gasteiger partial charge in [0.25, 0.3) is 5.91 Å². The molecule has 72 valence electrons. The molecule has 1 rings (SSSR count). The van der Waals surface area contributed by atoms with E-state index in [0.717, 1.165) is 5.69 Å². The van der Waals surface area contributed by atoms with Crippen LogP contribution in [0.25, 0.3) is 0 Å². The highest BCUT2D eigenvalue weighted by Gasteiger charge is 2.00. The maximum atomic E-state index is 11.0. The molecule has 3 heteroatoms. The lowest BCUT2D eigenvalue weighted by Crippen LogP contribution is -2.17. The van der Waals surface area contributed by atoms with Crippen molar-refractivity contribution in [3.05, 3.63) is 29.6 Å². The predicted octanol–water partition coefficient (Wildman–Crippen LogP) is 1.78. The molecule has 0 aliphatic carbocycles. The standard InChI is InChI=1S/C8H10N2O.C2H6/c1-6-3-4-7(5-10-6)8(11)9-2;1-2/h3-5H,1-2H3,(H,9,11);1-2H3. The first-order valence-electron chi connectivity index (χ1n) is 4.39. The minimum atomic E-state index is -0.0995. The summed E-state index contributed by atoms with van der Waals surface area (Å²) in [6, 6.07) is 3.56. The number of nitrogens with one attached hydrogen (secondary N) is 1. The maximum Gasteiger partial charge on any atom is 0.252 e. The van der Waals surface area contributed by atoms with Gasteiger partial charge in [-0.15, -0.1) is 0 Å². The summed E-state index contributed by atoms with van der Waals surface area (Å²) in [5.41, 5.74) is 1.51. The maximum absolute atomic E-state index is 11.0. The first-order chi connectivity index (χ1) is 6.24. The van der Waals surface area contributed by atoms with Gasteiger partial charge in [-0.05, 0) is 19.1 Å². The molecule has 1 aromatic rings. The van der Waals surface area contributed by atoms with E-state index < -0.39 is 0 Å². The molecule has 0 aromatic carbocycles. The van der Waals surface area contributed by atoms with Gasteiger partial charge in [0.2, 0.25) is 0 Å². The third-order valence-electron chi connectivity index (χ3n) is 1.40. The van der Waals surface area contributed by atoms with Crippen LogP contribution in [0, 0.1) is 6.92 Å². The Bertz CT molecular complexity index is 254. The van der Waals surface area contributed by atoms with Crippen LogP contribution in [0.15, 0.2) is 18.3 Å². The lowest BCUT2D eigenvalue weighted by Gasteiger charge is -1.97. The normalized spacial score (nSPS) is 8.31. The van der Waals surface area contributed by atoms with Crippen molar-refractivity contribution >= 4 is 5.91 Å². The van der Waals surface area contributed by atoms with Crippen LogP contribution < -0.4 is 5.32 Å². The lowest BCUT2D eigenvalue weighted by atomic mass is 10.2. The molecule has 0 spiro atoms. The number of carbonyl (C=O) groups is 1. The number of hydrogen-bond acceptors (Lipinski definition) is 2. The molecule has 0 saturated heterocycles. The van der Waals surface area contributed by atoms with E-state index in [1.807, 2.05) is 26.8 Å². The van der Waals surface area contributed by atoms with E-state index in [9.17, 15) is 4.79 Å². The van der Waals surface area contributed by atoms with Crippen LogP contribution in [0.1, 0.15) is 29.9 Å². The average molecular weight is 180 g/mol. The lowest BCUT2D eigenvalue weighted by molar-refractivity contribution is 0.0962. The first kappa shape index (κ1) is 11.6. The van der Waals surface area contributed by atoms with Gasteiger partial charge in [0.1, 0.15) is 0 Å². The van der Waals surface area contributed by atoms with E-state index in [1.54, 1.807) is 19.3 Å². The monoisotopic (exact) mass is 180 g/mol. The Balaban J connectivity index is 0.000000671. The molecule has 1 N–H and O–H groups in total. The van der Waals surface area contributed by atoms with E-state index in [4.69, 9.17) is 0 Å². The van der Waals surface area contributed by atoms with Crippen molar-refractivity contribution in [2.24, 2.45) is 0 Å². The van der Waals surface area contributed by atoms with Crippen molar-refractivity contribution in [1.82, 2.24) is 10.3 Å². The molecule has 0 radical (unpaired) electrons. The van der Waals surface area contributed by atoms with Crippen LogP contribution in [-0.4, -0.2) is 17.9 Å². The number of aryl methyl sites for hydroxylation is 1. The summed E-state index contributed by atoms with van der Waals surface area (Å²) in [6.45, 7) is 5.88. The summed E-state index contributed by atoms with van der Waals surface area (Å²) in [5.74, 6) is -0.0995. The summed E-state index contributed by atoms with van der Waals surface area (Å²) in [5, 5.41) is 2.52. The van der Waals surface area contributed by atoms with Crippen LogP contribution in [-0.2, 0) is 0 Å². The summed E-state index contributed by atoms with van der Waals surface area (Å²) < 4.78 is 0. The fraction of sp³-hybridized carbons (Fsp3) is 0.400. The third kappa shape index (κ3) is 3.69. The number of nitrogens with zero attached hydrogens (tertiary/aromatic N) is 1. The first-order valence-corrected chi connectivity index (χ1v) is 4.39. The molecule has 3 nitrogen and oxygen atoms in total. The Labute approximate surface area is 79.2 Å². The highest BCUT2D eigenvalue weighted by Crippen LogP contribution is 1.97. The molecule has 1 aromatic heterocycles. The van der Waals surface area contributed by atoms with Gasteiger partial charge in [-0.3, -0.25) is 9.78 Å². The second-order valence-corrected chi connectivity index (χ2v) is 2.27. The average Bonchev–Trinajstić information content (AvgIpc) is 2.21. The Morgan fingerprint density at radius 3 is 2.38 bits per heavy atom. The van der Waals surface area contributed by atoms with Crippen LogP contribution in [0.4, 0.5) is 0 Å². The quantitative estimate of drug-likeness (QED) is 0.715. The van der Waals surface area contributed by atoms with E-state index in [1.165, 1.54) is 0 Å². The van der Waals surface area contributed by atoms with Crippen molar-refractivity contribution in [3.63, 3.8) is 0 Å². The Hall–Kier alpha value is -1.38. The van der Waals surface area contributed by atoms with Gasteiger partial charge in [-0.2, -0.15) is 0 Å². The summed E-state index contributed by atoms with van der Waals surface area (Å²) in [7, 11) is 1.60. The number of carbonyl (C=O) groups excluding carboxylic acids is 1. The van der Waals surface area contributed by atoms with Crippen molar-refractivity contribution in [3.8, 4) is 0 Å². The number of aromatic nitrogens is 1. The number of rotatable bonds is 1. The van der Waals surface area contributed by atoms with Gasteiger partial charge in [0.05, 0.1) is 5.56 Å². The Morgan fingerprint density at radius 2 is 2.00 bits per heavy atom. The van der Waals surface area contributed by atoms with Crippen molar-refractivity contribution in [2.75, 3.05) is 7.05 Å². The highest BCUT2D eigenvalue weighted by molar-refractivity contribution is 5.93. The molecule has 0 unspecified atom stereocenters. The SMILES string of the molecule is CC.CNC(=O)c1ccc(C)nc1. The van der Waals surface area contributed by atoms with Gasteiger partial charge < -0.3 is 5.32 Å². The zero-order valence-electron chi connectivity index (χ0n) is 8.59. The molecule has 0 atom stereocenters. The van der Waals surface area contributed by atoms with Gasteiger partial charge in [0.15, 0.2) is 0 Å². The van der Waals surface area contributed by atoms with E-state index in [-0.39, 0.29) is 5.91 Å². The Morgan fingerprint density at radius 1 is 1.38 bits per heavy atom. The van der Waals surface area contributed by atoms with Crippen LogP contribution >= 0.6 is 0 Å². The molecule has 0 fully saturated rings. The summed E-state index contributed by atoms with van der Waals surface area (Å²) in [6.07, 6.45) is 1.56. The van der Waals surface area contributed by atoms with E-state index in [2.05, 4.69) is 10.3 Å². The highest BCUT2D eigenvalue weighted by atomic mass is 16.1.